The Morgan fingerprint density at radius 2 is 1.42 bits per heavy atom. The van der Waals surface area contributed by atoms with Gasteiger partial charge in [0.1, 0.15) is 0 Å². The highest BCUT2D eigenvalue weighted by Gasteiger charge is 2.14. The van der Waals surface area contributed by atoms with Crippen molar-refractivity contribution in [3.8, 4) is 11.1 Å². The summed E-state index contributed by atoms with van der Waals surface area (Å²) in [6.45, 7) is 7.96. The van der Waals surface area contributed by atoms with Gasteiger partial charge in [-0.1, -0.05) is 79.9 Å². The summed E-state index contributed by atoms with van der Waals surface area (Å²) < 4.78 is 0. The third-order valence-corrected chi connectivity index (χ3v) is 4.42. The lowest BCUT2D eigenvalue weighted by Gasteiger charge is -2.15. The van der Waals surface area contributed by atoms with Crippen molar-refractivity contribution >= 4 is 33.8 Å². The summed E-state index contributed by atoms with van der Waals surface area (Å²) in [4.78, 5) is 4.74. The van der Waals surface area contributed by atoms with Crippen molar-refractivity contribution in [1.29, 1.82) is 0 Å². The fourth-order valence-corrected chi connectivity index (χ4v) is 3.34. The summed E-state index contributed by atoms with van der Waals surface area (Å²) in [5.41, 5.74) is 5.24. The molecule has 0 N–H and O–H groups in total. The van der Waals surface area contributed by atoms with Crippen LogP contribution in [0.15, 0.2) is 79.9 Å². The van der Waals surface area contributed by atoms with E-state index in [1.54, 1.807) is 6.08 Å². The molecule has 114 valence electrons. The van der Waals surface area contributed by atoms with Gasteiger partial charge in [0.2, 0.25) is 0 Å². The van der Waals surface area contributed by atoms with E-state index in [9.17, 15) is 0 Å². The Bertz CT molecular complexity index is 1080. The monoisotopic (exact) mass is 307 g/mol. The summed E-state index contributed by atoms with van der Waals surface area (Å²) in [5.74, 6) is 0. The van der Waals surface area contributed by atoms with Gasteiger partial charge >= 0.3 is 0 Å². The number of para-hydroxylation sites is 1. The Balaban J connectivity index is 2.23. The van der Waals surface area contributed by atoms with Gasteiger partial charge in [0.25, 0.3) is 0 Å². The number of aromatic nitrogens is 1. The molecular weight excluding hydrogens is 290 g/mol. The van der Waals surface area contributed by atoms with Gasteiger partial charge in [0.05, 0.1) is 11.2 Å². The summed E-state index contributed by atoms with van der Waals surface area (Å²) in [5, 5.41) is 3.59. The molecule has 0 amide bonds. The molecule has 1 aromatic heterocycles. The molecule has 0 aliphatic rings. The normalized spacial score (nSPS) is 10.8. The van der Waals surface area contributed by atoms with Crippen LogP contribution in [-0.2, 0) is 0 Å². The van der Waals surface area contributed by atoms with Crippen LogP contribution in [0.3, 0.4) is 0 Å². The molecule has 0 aliphatic carbocycles. The Morgan fingerprint density at radius 3 is 2.21 bits per heavy atom. The quantitative estimate of drug-likeness (QED) is 0.430. The summed E-state index contributed by atoms with van der Waals surface area (Å²) in [6, 6.07) is 23.1. The second-order valence-electron chi connectivity index (χ2n) is 5.74. The van der Waals surface area contributed by atoms with Crippen LogP contribution in [0.4, 0.5) is 0 Å². The number of rotatable bonds is 3. The molecular formula is C23H17N. The second-order valence-corrected chi connectivity index (χ2v) is 5.74. The molecule has 1 nitrogen and oxygen atoms in total. The van der Waals surface area contributed by atoms with Crippen molar-refractivity contribution in [3.05, 3.63) is 91.1 Å². The number of hydrogen-bond acceptors (Lipinski definition) is 1. The van der Waals surface area contributed by atoms with Crippen LogP contribution in [0.1, 0.15) is 11.3 Å². The van der Waals surface area contributed by atoms with Crippen LogP contribution in [0.25, 0.3) is 45.0 Å². The van der Waals surface area contributed by atoms with E-state index >= 15 is 0 Å². The largest absolute Gasteiger partial charge is 0.248 e. The van der Waals surface area contributed by atoms with Crippen LogP contribution < -0.4 is 0 Å². The number of benzene rings is 3. The van der Waals surface area contributed by atoms with Gasteiger partial charge in [-0.2, -0.15) is 0 Å². The van der Waals surface area contributed by atoms with Crippen LogP contribution in [0, 0.1) is 0 Å². The first-order chi connectivity index (χ1) is 11.8. The van der Waals surface area contributed by atoms with Gasteiger partial charge in [-0.3, -0.25) is 0 Å². The van der Waals surface area contributed by atoms with Gasteiger partial charge < -0.3 is 0 Å². The molecule has 4 rings (SSSR count). The molecule has 1 heterocycles. The minimum Gasteiger partial charge on any atom is -0.248 e. The summed E-state index contributed by atoms with van der Waals surface area (Å²) >= 11 is 0. The van der Waals surface area contributed by atoms with Crippen molar-refractivity contribution < 1.29 is 0 Å². The van der Waals surface area contributed by atoms with E-state index < -0.39 is 0 Å². The van der Waals surface area contributed by atoms with Crippen LogP contribution in [0.5, 0.6) is 0 Å². The minimum absolute atomic E-state index is 0.867. The van der Waals surface area contributed by atoms with Gasteiger partial charge in [0.15, 0.2) is 0 Å². The van der Waals surface area contributed by atoms with Gasteiger partial charge in [0, 0.05) is 16.5 Å². The van der Waals surface area contributed by atoms with Crippen molar-refractivity contribution in [2.75, 3.05) is 0 Å². The van der Waals surface area contributed by atoms with E-state index in [0.29, 0.717) is 0 Å². The number of hydrogen-bond donors (Lipinski definition) is 0. The third kappa shape index (κ3) is 2.14. The molecule has 0 spiro atoms. The molecule has 0 unspecified atom stereocenters. The second kappa shape index (κ2) is 5.78. The van der Waals surface area contributed by atoms with E-state index in [2.05, 4.69) is 67.8 Å². The summed E-state index contributed by atoms with van der Waals surface area (Å²) in [6.07, 6.45) is 3.69. The molecule has 4 aromatic rings. The van der Waals surface area contributed by atoms with Crippen LogP contribution >= 0.6 is 0 Å². The zero-order chi connectivity index (χ0) is 16.5. The highest BCUT2D eigenvalue weighted by Crippen LogP contribution is 2.37. The Labute approximate surface area is 141 Å². The maximum Gasteiger partial charge on any atom is 0.0715 e. The molecule has 0 radical (unpaired) electrons. The molecule has 0 bridgehead atoms. The van der Waals surface area contributed by atoms with Gasteiger partial charge in [-0.15, -0.1) is 0 Å². The summed E-state index contributed by atoms with van der Waals surface area (Å²) in [7, 11) is 0. The molecule has 0 aliphatic heterocycles. The lowest BCUT2D eigenvalue weighted by atomic mass is 9.90. The zero-order valence-electron chi connectivity index (χ0n) is 13.4. The highest BCUT2D eigenvalue weighted by atomic mass is 14.7. The fourth-order valence-electron chi connectivity index (χ4n) is 3.34. The average Bonchev–Trinajstić information content (AvgIpc) is 2.66. The first kappa shape index (κ1) is 14.4. The average molecular weight is 307 g/mol. The molecule has 0 saturated heterocycles. The molecule has 0 atom stereocenters. The molecule has 3 aromatic carbocycles. The topological polar surface area (TPSA) is 12.9 Å². The first-order valence-corrected chi connectivity index (χ1v) is 7.99. The maximum absolute atomic E-state index is 4.74. The van der Waals surface area contributed by atoms with E-state index in [1.165, 1.54) is 21.9 Å². The third-order valence-electron chi connectivity index (χ3n) is 4.42. The SMILES string of the molecule is C=Cc1nc2ccccc2c(-c2cccc3ccccc23)c1C=C. The predicted octanol–water partition coefficient (Wildman–Crippen LogP) is 6.34. The van der Waals surface area contributed by atoms with Crippen molar-refractivity contribution in [1.82, 2.24) is 4.98 Å². The van der Waals surface area contributed by atoms with Crippen molar-refractivity contribution in [3.63, 3.8) is 0 Å². The number of fused-ring (bicyclic) bond motifs is 2. The minimum atomic E-state index is 0.867. The Hall–Kier alpha value is -3.19. The first-order valence-electron chi connectivity index (χ1n) is 7.99. The lowest BCUT2D eigenvalue weighted by molar-refractivity contribution is 1.36. The molecule has 0 saturated carbocycles. The molecule has 1 heteroatoms. The van der Waals surface area contributed by atoms with E-state index in [4.69, 9.17) is 4.98 Å². The predicted molar refractivity (Wildman–Crippen MR) is 105 cm³/mol. The maximum atomic E-state index is 4.74. The van der Waals surface area contributed by atoms with E-state index in [0.717, 1.165) is 22.2 Å². The highest BCUT2D eigenvalue weighted by molar-refractivity contribution is 6.08. The Morgan fingerprint density at radius 1 is 0.708 bits per heavy atom. The fraction of sp³-hybridized carbons (Fsp3) is 0. The Kier molecular flexibility index (Phi) is 3.47. The van der Waals surface area contributed by atoms with Crippen molar-refractivity contribution in [2.45, 2.75) is 0 Å². The smallest absolute Gasteiger partial charge is 0.0715 e. The van der Waals surface area contributed by atoms with Gasteiger partial charge in [-0.25, -0.2) is 4.98 Å². The number of nitrogens with zero attached hydrogens (tertiary/aromatic N) is 1. The lowest BCUT2D eigenvalue weighted by Crippen LogP contribution is -1.95. The van der Waals surface area contributed by atoms with E-state index in [1.807, 2.05) is 18.2 Å². The number of pyridine rings is 1. The van der Waals surface area contributed by atoms with Gasteiger partial charge in [-0.05, 0) is 28.5 Å². The zero-order valence-corrected chi connectivity index (χ0v) is 13.4. The molecule has 24 heavy (non-hydrogen) atoms. The van der Waals surface area contributed by atoms with E-state index in [-0.39, 0.29) is 0 Å². The van der Waals surface area contributed by atoms with Crippen molar-refractivity contribution in [2.24, 2.45) is 0 Å². The van der Waals surface area contributed by atoms with Crippen LogP contribution in [0.2, 0.25) is 0 Å². The molecule has 0 fully saturated rings. The standard InChI is InChI=1S/C23H17N/c1-3-17-21(4-2)24-22-15-8-7-13-20(22)23(17)19-14-9-11-16-10-5-6-12-18(16)19/h3-15H,1-2H2. The van der Waals surface area contributed by atoms with Crippen LogP contribution in [-0.4, -0.2) is 4.98 Å².